The topological polar surface area (TPSA) is 40.9 Å². The molecule has 2 rings (SSSR count). The monoisotopic (exact) mass is 209 g/mol. The summed E-state index contributed by atoms with van der Waals surface area (Å²) in [6.45, 7) is 0. The second kappa shape index (κ2) is 4.64. The number of hydrogen-bond donors (Lipinski definition) is 0. The fourth-order valence-electron chi connectivity index (χ4n) is 1.87. The summed E-state index contributed by atoms with van der Waals surface area (Å²) >= 11 is 0. The van der Waals surface area contributed by atoms with Crippen LogP contribution in [0.2, 0.25) is 0 Å². The van der Waals surface area contributed by atoms with Crippen molar-refractivity contribution in [2.24, 2.45) is 0 Å². The van der Waals surface area contributed by atoms with Crippen molar-refractivity contribution in [3.8, 4) is 17.9 Å². The van der Waals surface area contributed by atoms with E-state index in [2.05, 4.69) is 11.8 Å². The number of nitrogens with zero attached hydrogens (tertiary/aromatic N) is 1. The fraction of sp³-hybridized carbons (Fsp3) is 0.286. The van der Waals surface area contributed by atoms with E-state index in [4.69, 9.17) is 5.26 Å². The second-order valence-corrected chi connectivity index (χ2v) is 3.84. The number of aryl methyl sites for hydroxylation is 1. The zero-order valence-corrected chi connectivity index (χ0v) is 8.92. The third-order valence-electron chi connectivity index (χ3n) is 2.67. The summed E-state index contributed by atoms with van der Waals surface area (Å²) < 4.78 is 0. The number of fused-ring (bicyclic) bond motifs is 1. The maximum atomic E-state index is 11.3. The minimum Gasteiger partial charge on any atom is -0.299 e. The van der Waals surface area contributed by atoms with E-state index in [1.807, 2.05) is 24.3 Å². The number of ketones is 1. The zero-order valence-electron chi connectivity index (χ0n) is 8.92. The normalized spacial score (nSPS) is 13.3. The third kappa shape index (κ3) is 2.30. The van der Waals surface area contributed by atoms with Gasteiger partial charge in [-0.15, -0.1) is 0 Å². The molecule has 0 saturated carbocycles. The van der Waals surface area contributed by atoms with Crippen molar-refractivity contribution in [1.82, 2.24) is 0 Å². The van der Waals surface area contributed by atoms with Crippen molar-refractivity contribution in [1.29, 1.82) is 5.26 Å². The van der Waals surface area contributed by atoms with Crippen molar-refractivity contribution >= 4 is 5.78 Å². The Morgan fingerprint density at radius 2 is 2.12 bits per heavy atom. The average molecular weight is 209 g/mol. The van der Waals surface area contributed by atoms with Gasteiger partial charge in [0.2, 0.25) is 0 Å². The van der Waals surface area contributed by atoms with Crippen LogP contribution in [0.4, 0.5) is 0 Å². The minimum atomic E-state index is 0.259. The summed E-state index contributed by atoms with van der Waals surface area (Å²) in [6.07, 6.45) is 2.28. The number of hydrogen-bond acceptors (Lipinski definition) is 2. The van der Waals surface area contributed by atoms with E-state index in [-0.39, 0.29) is 6.42 Å². The highest BCUT2D eigenvalue weighted by molar-refractivity contribution is 5.83. The third-order valence-corrected chi connectivity index (χ3v) is 2.67. The molecule has 1 aliphatic carbocycles. The first-order valence-corrected chi connectivity index (χ1v) is 5.29. The fourth-order valence-corrected chi connectivity index (χ4v) is 1.87. The smallest absolute Gasteiger partial charge is 0.137 e. The van der Waals surface area contributed by atoms with E-state index >= 15 is 0 Å². The van der Waals surface area contributed by atoms with Crippen molar-refractivity contribution < 1.29 is 4.79 Å². The quantitative estimate of drug-likeness (QED) is 0.613. The molecule has 0 aromatic heterocycles. The first-order valence-electron chi connectivity index (χ1n) is 5.29. The van der Waals surface area contributed by atoms with Crippen LogP contribution in [0, 0.1) is 23.2 Å². The summed E-state index contributed by atoms with van der Waals surface area (Å²) in [5, 5.41) is 8.38. The predicted molar refractivity (Wildman–Crippen MR) is 60.6 cm³/mol. The maximum absolute atomic E-state index is 11.3. The lowest BCUT2D eigenvalue weighted by Gasteiger charge is -2.14. The first kappa shape index (κ1) is 10.5. The van der Waals surface area contributed by atoms with Gasteiger partial charge in [0.25, 0.3) is 0 Å². The van der Waals surface area contributed by atoms with Gasteiger partial charge in [0.1, 0.15) is 5.78 Å². The van der Waals surface area contributed by atoms with Gasteiger partial charge < -0.3 is 0 Å². The Labute approximate surface area is 94.9 Å². The maximum Gasteiger partial charge on any atom is 0.137 e. The Kier molecular flexibility index (Phi) is 3.03. The number of rotatable bonds is 0. The molecule has 0 radical (unpaired) electrons. The summed E-state index contributed by atoms with van der Waals surface area (Å²) in [7, 11) is 0. The van der Waals surface area contributed by atoms with Crippen LogP contribution in [0.3, 0.4) is 0 Å². The number of carbonyl (C=O) groups is 1. The largest absolute Gasteiger partial charge is 0.299 e. The molecule has 0 saturated heterocycles. The van der Waals surface area contributed by atoms with E-state index in [1.165, 1.54) is 5.56 Å². The van der Waals surface area contributed by atoms with Gasteiger partial charge in [-0.1, -0.05) is 17.9 Å². The molecule has 1 aliphatic rings. The molecule has 0 aliphatic heterocycles. The van der Waals surface area contributed by atoms with Gasteiger partial charge in [-0.2, -0.15) is 5.26 Å². The number of benzene rings is 1. The molecular weight excluding hydrogens is 198 g/mol. The lowest BCUT2D eigenvalue weighted by molar-refractivity contribution is -0.118. The molecule has 0 bridgehead atoms. The van der Waals surface area contributed by atoms with Crippen molar-refractivity contribution in [3.63, 3.8) is 0 Å². The molecule has 16 heavy (non-hydrogen) atoms. The molecule has 0 heterocycles. The highest BCUT2D eigenvalue weighted by Gasteiger charge is 2.14. The Bertz CT molecular complexity index is 526. The molecule has 2 heteroatoms. The van der Waals surface area contributed by atoms with Crippen LogP contribution < -0.4 is 0 Å². The standard InChI is InChI=1S/C14H11NO/c15-8-2-1-3-11-4-5-13-10-14(16)7-6-12(13)9-11/h4-5,9H,2,6-7,10H2. The van der Waals surface area contributed by atoms with Gasteiger partial charge in [-0.25, -0.2) is 0 Å². The zero-order chi connectivity index (χ0) is 11.4. The molecule has 1 aromatic rings. The molecule has 78 valence electrons. The summed E-state index contributed by atoms with van der Waals surface area (Å²) in [5.41, 5.74) is 3.29. The molecule has 0 spiro atoms. The molecule has 2 nitrogen and oxygen atoms in total. The minimum absolute atomic E-state index is 0.259. The van der Waals surface area contributed by atoms with E-state index in [0.29, 0.717) is 18.6 Å². The Balaban J connectivity index is 2.24. The van der Waals surface area contributed by atoms with Crippen LogP contribution >= 0.6 is 0 Å². The van der Waals surface area contributed by atoms with Gasteiger partial charge in [0.15, 0.2) is 0 Å². The van der Waals surface area contributed by atoms with Crippen LogP contribution in [-0.4, -0.2) is 5.78 Å². The summed E-state index contributed by atoms with van der Waals surface area (Å²) in [4.78, 5) is 11.3. The lowest BCUT2D eigenvalue weighted by atomic mass is 9.90. The van der Waals surface area contributed by atoms with E-state index in [1.54, 1.807) is 0 Å². The Morgan fingerprint density at radius 3 is 2.94 bits per heavy atom. The van der Waals surface area contributed by atoms with Crippen molar-refractivity contribution in [2.75, 3.05) is 0 Å². The SMILES string of the molecule is N#CCC#Cc1ccc2c(c1)CCC(=O)C2. The predicted octanol–water partition coefficient (Wildman–Crippen LogP) is 2.01. The van der Waals surface area contributed by atoms with E-state index in [9.17, 15) is 4.79 Å². The van der Waals surface area contributed by atoms with Gasteiger partial charge in [-0.05, 0) is 29.7 Å². The average Bonchev–Trinajstić information content (AvgIpc) is 2.29. The van der Waals surface area contributed by atoms with Crippen LogP contribution in [-0.2, 0) is 17.6 Å². The highest BCUT2D eigenvalue weighted by Crippen LogP contribution is 2.20. The number of carbonyl (C=O) groups excluding carboxylic acids is 1. The van der Waals surface area contributed by atoms with Crippen LogP contribution in [0.5, 0.6) is 0 Å². The Hall–Kier alpha value is -2.06. The first-order chi connectivity index (χ1) is 7.79. The van der Waals surface area contributed by atoms with Crippen molar-refractivity contribution in [3.05, 3.63) is 34.9 Å². The summed E-state index contributed by atoms with van der Waals surface area (Å²) in [6, 6.07) is 7.92. The molecule has 0 N–H and O–H groups in total. The molecule has 1 aromatic carbocycles. The van der Waals surface area contributed by atoms with Gasteiger partial charge in [-0.3, -0.25) is 4.79 Å². The van der Waals surface area contributed by atoms with Gasteiger partial charge >= 0.3 is 0 Å². The molecule has 0 unspecified atom stereocenters. The molecule has 0 atom stereocenters. The molecular formula is C14H11NO. The lowest BCUT2D eigenvalue weighted by Crippen LogP contribution is -2.13. The molecule has 0 amide bonds. The van der Waals surface area contributed by atoms with Gasteiger partial charge in [0, 0.05) is 18.4 Å². The van der Waals surface area contributed by atoms with E-state index in [0.717, 1.165) is 17.5 Å². The number of Topliss-reactive ketones (excluding diaryl/α,β-unsaturated/α-hetero) is 1. The highest BCUT2D eigenvalue weighted by atomic mass is 16.1. The van der Waals surface area contributed by atoms with Crippen molar-refractivity contribution in [2.45, 2.75) is 25.7 Å². The summed E-state index contributed by atoms with van der Waals surface area (Å²) in [5.74, 6) is 6.05. The number of nitriles is 1. The van der Waals surface area contributed by atoms with Gasteiger partial charge in [0.05, 0.1) is 12.5 Å². The second-order valence-electron chi connectivity index (χ2n) is 3.84. The van der Waals surface area contributed by atoms with Crippen LogP contribution in [0.25, 0.3) is 0 Å². The van der Waals surface area contributed by atoms with E-state index < -0.39 is 0 Å². The Morgan fingerprint density at radius 1 is 1.25 bits per heavy atom. The molecule has 0 fully saturated rings. The van der Waals surface area contributed by atoms with Crippen LogP contribution in [0.1, 0.15) is 29.5 Å². The van der Waals surface area contributed by atoms with Crippen LogP contribution in [0.15, 0.2) is 18.2 Å².